The van der Waals surface area contributed by atoms with Gasteiger partial charge in [-0.2, -0.15) is 0 Å². The van der Waals surface area contributed by atoms with Gasteiger partial charge in [-0.15, -0.1) is 0 Å². The molecule has 0 aromatic heterocycles. The molecular formula is C15H23N. The van der Waals surface area contributed by atoms with E-state index < -0.39 is 0 Å². The second kappa shape index (κ2) is 5.01. The summed E-state index contributed by atoms with van der Waals surface area (Å²) < 4.78 is 0. The summed E-state index contributed by atoms with van der Waals surface area (Å²) in [5.74, 6) is 0.653. The molecule has 0 saturated heterocycles. The summed E-state index contributed by atoms with van der Waals surface area (Å²) in [6.07, 6.45) is 3.75. The molecule has 1 aromatic rings. The van der Waals surface area contributed by atoms with Crippen LogP contribution in [0, 0.1) is 0 Å². The molecule has 1 heteroatoms. The van der Waals surface area contributed by atoms with Crippen LogP contribution in [0.25, 0.3) is 0 Å². The Labute approximate surface area is 99.3 Å². The molecule has 0 bridgehead atoms. The van der Waals surface area contributed by atoms with Crippen molar-refractivity contribution >= 4 is 0 Å². The first kappa shape index (κ1) is 11.7. The van der Waals surface area contributed by atoms with Gasteiger partial charge >= 0.3 is 0 Å². The lowest BCUT2D eigenvalue weighted by atomic mass is 9.94. The van der Waals surface area contributed by atoms with Gasteiger partial charge < -0.3 is 5.32 Å². The van der Waals surface area contributed by atoms with Gasteiger partial charge in [-0.25, -0.2) is 0 Å². The Bertz CT molecular complexity index is 354. The van der Waals surface area contributed by atoms with Crippen LogP contribution in [0.5, 0.6) is 0 Å². The van der Waals surface area contributed by atoms with E-state index in [1.165, 1.54) is 19.3 Å². The maximum Gasteiger partial charge on any atom is 0.0326 e. The Kier molecular flexibility index (Phi) is 3.65. The molecule has 0 spiro atoms. The van der Waals surface area contributed by atoms with Gasteiger partial charge in [-0.3, -0.25) is 0 Å². The van der Waals surface area contributed by atoms with Crippen LogP contribution in [-0.2, 0) is 6.42 Å². The van der Waals surface area contributed by atoms with Gasteiger partial charge in [0.1, 0.15) is 0 Å². The lowest BCUT2D eigenvalue weighted by Gasteiger charge is -2.15. The van der Waals surface area contributed by atoms with Crippen LogP contribution < -0.4 is 5.32 Å². The summed E-state index contributed by atoms with van der Waals surface area (Å²) >= 11 is 0. The van der Waals surface area contributed by atoms with E-state index in [2.05, 4.69) is 44.3 Å². The van der Waals surface area contributed by atoms with Crippen molar-refractivity contribution in [1.82, 2.24) is 5.32 Å². The second-order valence-corrected chi connectivity index (χ2v) is 5.12. The van der Waals surface area contributed by atoms with Crippen LogP contribution in [0.3, 0.4) is 0 Å². The van der Waals surface area contributed by atoms with Crippen molar-refractivity contribution in [3.63, 3.8) is 0 Å². The molecule has 2 rings (SSSR count). The normalized spacial score (nSPS) is 19.1. The molecule has 16 heavy (non-hydrogen) atoms. The van der Waals surface area contributed by atoms with Crippen molar-refractivity contribution in [2.45, 2.75) is 52.0 Å². The minimum absolute atomic E-state index is 0.605. The molecule has 0 heterocycles. The summed E-state index contributed by atoms with van der Waals surface area (Å²) in [6, 6.07) is 7.43. The molecule has 0 amide bonds. The van der Waals surface area contributed by atoms with Gasteiger partial charge in [0.2, 0.25) is 0 Å². The molecule has 1 nitrogen and oxygen atoms in total. The maximum atomic E-state index is 3.65. The Morgan fingerprint density at radius 1 is 1.38 bits per heavy atom. The molecule has 1 unspecified atom stereocenters. The van der Waals surface area contributed by atoms with Crippen molar-refractivity contribution in [2.24, 2.45) is 0 Å². The Morgan fingerprint density at radius 3 is 2.88 bits per heavy atom. The maximum absolute atomic E-state index is 3.65. The summed E-state index contributed by atoms with van der Waals surface area (Å²) in [6.45, 7) is 7.95. The first-order valence-electron chi connectivity index (χ1n) is 6.59. The number of hydrogen-bond acceptors (Lipinski definition) is 1. The van der Waals surface area contributed by atoms with Gasteiger partial charge in [0.15, 0.2) is 0 Å². The SMILES string of the molecule is CCCNC1CCc2c(C(C)C)cccc21. The van der Waals surface area contributed by atoms with Crippen LogP contribution in [-0.4, -0.2) is 6.54 Å². The number of rotatable bonds is 4. The second-order valence-electron chi connectivity index (χ2n) is 5.12. The van der Waals surface area contributed by atoms with Gasteiger partial charge in [-0.1, -0.05) is 39.0 Å². The van der Waals surface area contributed by atoms with E-state index in [0.717, 1.165) is 6.54 Å². The highest BCUT2D eigenvalue weighted by atomic mass is 14.9. The van der Waals surface area contributed by atoms with Gasteiger partial charge in [0.05, 0.1) is 0 Å². The fourth-order valence-corrected chi connectivity index (χ4v) is 2.75. The van der Waals surface area contributed by atoms with Crippen LogP contribution in [0.15, 0.2) is 18.2 Å². The zero-order valence-electron chi connectivity index (χ0n) is 10.7. The molecule has 0 aliphatic heterocycles. The van der Waals surface area contributed by atoms with Crippen molar-refractivity contribution in [3.8, 4) is 0 Å². The van der Waals surface area contributed by atoms with E-state index >= 15 is 0 Å². The molecule has 1 N–H and O–H groups in total. The molecule has 1 atom stereocenters. The molecular weight excluding hydrogens is 194 g/mol. The molecule has 1 aromatic carbocycles. The van der Waals surface area contributed by atoms with Gasteiger partial charge in [0, 0.05) is 6.04 Å². The number of fused-ring (bicyclic) bond motifs is 1. The average molecular weight is 217 g/mol. The Balaban J connectivity index is 2.23. The number of benzene rings is 1. The Hall–Kier alpha value is -0.820. The standard InChI is InChI=1S/C15H23N/c1-4-10-16-15-9-8-13-12(11(2)3)6-5-7-14(13)15/h5-7,11,15-16H,4,8-10H2,1-3H3. The van der Waals surface area contributed by atoms with E-state index in [1.54, 1.807) is 16.7 Å². The minimum atomic E-state index is 0.605. The van der Waals surface area contributed by atoms with E-state index in [0.29, 0.717) is 12.0 Å². The molecule has 88 valence electrons. The first-order chi connectivity index (χ1) is 7.74. The number of hydrogen-bond donors (Lipinski definition) is 1. The average Bonchev–Trinajstić information content (AvgIpc) is 2.69. The smallest absolute Gasteiger partial charge is 0.0326 e. The zero-order valence-corrected chi connectivity index (χ0v) is 10.7. The summed E-state index contributed by atoms with van der Waals surface area (Å²) in [4.78, 5) is 0. The topological polar surface area (TPSA) is 12.0 Å². The molecule has 1 aliphatic rings. The van der Waals surface area contributed by atoms with Crippen LogP contribution in [0.1, 0.15) is 62.3 Å². The quantitative estimate of drug-likeness (QED) is 0.809. The Morgan fingerprint density at radius 2 is 2.19 bits per heavy atom. The third kappa shape index (κ3) is 2.15. The fraction of sp³-hybridized carbons (Fsp3) is 0.600. The summed E-state index contributed by atoms with van der Waals surface area (Å²) in [5, 5.41) is 3.65. The predicted octanol–water partition coefficient (Wildman–Crippen LogP) is 3.80. The van der Waals surface area contributed by atoms with E-state index in [9.17, 15) is 0 Å². The van der Waals surface area contributed by atoms with Crippen molar-refractivity contribution in [1.29, 1.82) is 0 Å². The lowest BCUT2D eigenvalue weighted by molar-refractivity contribution is 0.529. The van der Waals surface area contributed by atoms with E-state index in [4.69, 9.17) is 0 Å². The first-order valence-corrected chi connectivity index (χ1v) is 6.59. The largest absolute Gasteiger partial charge is 0.310 e. The van der Waals surface area contributed by atoms with Crippen molar-refractivity contribution in [2.75, 3.05) is 6.54 Å². The number of nitrogens with one attached hydrogen (secondary N) is 1. The summed E-state index contributed by atoms with van der Waals surface area (Å²) in [7, 11) is 0. The third-order valence-electron chi connectivity index (χ3n) is 3.57. The zero-order chi connectivity index (χ0) is 11.5. The van der Waals surface area contributed by atoms with Gasteiger partial charge in [0.25, 0.3) is 0 Å². The van der Waals surface area contributed by atoms with E-state index in [1.807, 2.05) is 0 Å². The molecule has 0 fully saturated rings. The highest BCUT2D eigenvalue weighted by Crippen LogP contribution is 2.35. The van der Waals surface area contributed by atoms with Crippen LogP contribution >= 0.6 is 0 Å². The highest BCUT2D eigenvalue weighted by molar-refractivity contribution is 5.42. The lowest BCUT2D eigenvalue weighted by Crippen LogP contribution is -2.19. The van der Waals surface area contributed by atoms with E-state index in [-0.39, 0.29) is 0 Å². The highest BCUT2D eigenvalue weighted by Gasteiger charge is 2.24. The molecule has 1 aliphatic carbocycles. The van der Waals surface area contributed by atoms with Crippen molar-refractivity contribution in [3.05, 3.63) is 34.9 Å². The van der Waals surface area contributed by atoms with Crippen molar-refractivity contribution < 1.29 is 0 Å². The molecule has 0 radical (unpaired) electrons. The van der Waals surface area contributed by atoms with Gasteiger partial charge in [-0.05, 0) is 48.4 Å². The predicted molar refractivity (Wildman–Crippen MR) is 69.9 cm³/mol. The minimum Gasteiger partial charge on any atom is -0.310 e. The van der Waals surface area contributed by atoms with Crippen LogP contribution in [0.4, 0.5) is 0 Å². The summed E-state index contributed by atoms with van der Waals surface area (Å²) in [5.41, 5.74) is 4.73. The fourth-order valence-electron chi connectivity index (χ4n) is 2.75. The molecule has 0 saturated carbocycles. The monoisotopic (exact) mass is 217 g/mol. The van der Waals surface area contributed by atoms with Crippen LogP contribution in [0.2, 0.25) is 0 Å². The third-order valence-corrected chi connectivity index (χ3v) is 3.57.